The number of hydrogen-bond acceptors (Lipinski definition) is 4. The van der Waals surface area contributed by atoms with E-state index in [1.54, 1.807) is 48.5 Å². The Kier molecular flexibility index (Phi) is 6.07. The molecule has 3 aromatic carbocycles. The highest BCUT2D eigenvalue weighted by Gasteiger charge is 2.09. The van der Waals surface area contributed by atoms with Gasteiger partial charge in [-0.15, -0.1) is 0 Å². The van der Waals surface area contributed by atoms with E-state index in [2.05, 4.69) is 5.32 Å². The molecule has 28 heavy (non-hydrogen) atoms. The van der Waals surface area contributed by atoms with Crippen LogP contribution in [0.2, 0.25) is 0 Å². The van der Waals surface area contributed by atoms with E-state index < -0.39 is 5.97 Å². The summed E-state index contributed by atoms with van der Waals surface area (Å²) in [6, 6.07) is 21.0. The summed E-state index contributed by atoms with van der Waals surface area (Å²) in [6.45, 7) is 3.91. The van der Waals surface area contributed by atoms with Gasteiger partial charge in [-0.2, -0.15) is 0 Å². The van der Waals surface area contributed by atoms with Crippen LogP contribution in [0.4, 0.5) is 5.69 Å². The molecule has 3 aromatic rings. The molecule has 1 N–H and O–H groups in total. The maximum absolute atomic E-state index is 12.1. The van der Waals surface area contributed by atoms with Crippen molar-refractivity contribution in [3.05, 3.63) is 89.5 Å². The summed E-state index contributed by atoms with van der Waals surface area (Å²) in [4.78, 5) is 24.2. The van der Waals surface area contributed by atoms with Gasteiger partial charge in [-0.05, 0) is 73.5 Å². The molecule has 5 heteroatoms. The molecule has 3 rings (SSSR count). The number of para-hydroxylation sites is 1. The van der Waals surface area contributed by atoms with Crippen molar-refractivity contribution in [2.45, 2.75) is 13.8 Å². The number of hydrogen-bond donors (Lipinski definition) is 1. The zero-order valence-corrected chi connectivity index (χ0v) is 15.8. The second-order valence-corrected chi connectivity index (χ2v) is 6.36. The zero-order chi connectivity index (χ0) is 19.9. The molecular weight excluding hydrogens is 354 g/mol. The zero-order valence-electron chi connectivity index (χ0n) is 15.8. The molecule has 0 atom stereocenters. The Morgan fingerprint density at radius 1 is 0.821 bits per heavy atom. The van der Waals surface area contributed by atoms with Crippen molar-refractivity contribution >= 4 is 17.6 Å². The number of rotatable bonds is 6. The fourth-order valence-corrected chi connectivity index (χ4v) is 2.49. The van der Waals surface area contributed by atoms with Gasteiger partial charge in [0, 0.05) is 5.69 Å². The van der Waals surface area contributed by atoms with E-state index in [0.717, 1.165) is 5.56 Å². The topological polar surface area (TPSA) is 64.6 Å². The van der Waals surface area contributed by atoms with Crippen molar-refractivity contribution in [3.8, 4) is 11.5 Å². The monoisotopic (exact) mass is 375 g/mol. The molecule has 0 heterocycles. The van der Waals surface area contributed by atoms with Crippen molar-refractivity contribution < 1.29 is 19.1 Å². The van der Waals surface area contributed by atoms with Crippen LogP contribution >= 0.6 is 0 Å². The van der Waals surface area contributed by atoms with Gasteiger partial charge < -0.3 is 14.8 Å². The number of anilines is 1. The lowest BCUT2D eigenvalue weighted by atomic mass is 10.1. The first-order chi connectivity index (χ1) is 13.5. The average Bonchev–Trinajstić information content (AvgIpc) is 2.70. The van der Waals surface area contributed by atoms with Gasteiger partial charge >= 0.3 is 5.97 Å². The van der Waals surface area contributed by atoms with Crippen LogP contribution in [0.5, 0.6) is 11.5 Å². The molecular formula is C23H21NO4. The number of esters is 1. The molecule has 0 aliphatic carbocycles. The number of ether oxygens (including phenoxy) is 2. The molecule has 0 fully saturated rings. The Hall–Kier alpha value is -3.60. The quantitative estimate of drug-likeness (QED) is 0.507. The predicted octanol–water partition coefficient (Wildman–Crippen LogP) is 4.54. The lowest BCUT2D eigenvalue weighted by Gasteiger charge is -2.09. The maximum atomic E-state index is 12.1. The third-order valence-electron chi connectivity index (χ3n) is 4.21. The fraction of sp³-hybridized carbons (Fsp3) is 0.130. The first kappa shape index (κ1) is 19.2. The summed E-state index contributed by atoms with van der Waals surface area (Å²) in [5.74, 6) is 0.394. The highest BCUT2D eigenvalue weighted by Crippen LogP contribution is 2.17. The number of carbonyl (C=O) groups is 2. The van der Waals surface area contributed by atoms with E-state index in [1.807, 2.05) is 38.1 Å². The summed E-state index contributed by atoms with van der Waals surface area (Å²) < 4.78 is 10.8. The molecule has 0 saturated heterocycles. The molecule has 0 spiro atoms. The molecule has 142 valence electrons. The fourth-order valence-electron chi connectivity index (χ4n) is 2.49. The minimum absolute atomic E-state index is 0.0969. The normalized spacial score (nSPS) is 10.2. The van der Waals surface area contributed by atoms with Crippen molar-refractivity contribution in [2.24, 2.45) is 0 Å². The number of amides is 1. The van der Waals surface area contributed by atoms with Crippen LogP contribution in [0.3, 0.4) is 0 Å². The Morgan fingerprint density at radius 2 is 1.54 bits per heavy atom. The van der Waals surface area contributed by atoms with Gasteiger partial charge in [0.25, 0.3) is 5.91 Å². The first-order valence-corrected chi connectivity index (χ1v) is 8.88. The van der Waals surface area contributed by atoms with Crippen LogP contribution in [-0.4, -0.2) is 18.5 Å². The van der Waals surface area contributed by atoms with Gasteiger partial charge in [0.2, 0.25) is 0 Å². The van der Waals surface area contributed by atoms with Crippen molar-refractivity contribution in [1.82, 2.24) is 0 Å². The lowest BCUT2D eigenvalue weighted by Crippen LogP contribution is -2.20. The third-order valence-corrected chi connectivity index (χ3v) is 4.21. The van der Waals surface area contributed by atoms with Crippen molar-refractivity contribution in [1.29, 1.82) is 0 Å². The molecule has 0 saturated carbocycles. The standard InChI is InChI=1S/C23H21NO4/c1-16-8-13-21(14-17(16)2)27-15-22(25)24-19-11-9-18(10-12-19)23(26)28-20-6-4-3-5-7-20/h3-14H,15H2,1-2H3,(H,24,25). The van der Waals surface area contributed by atoms with Gasteiger partial charge in [0.1, 0.15) is 11.5 Å². The largest absolute Gasteiger partial charge is 0.484 e. The van der Waals surface area contributed by atoms with Gasteiger partial charge in [0.15, 0.2) is 6.61 Å². The van der Waals surface area contributed by atoms with Crippen molar-refractivity contribution in [3.63, 3.8) is 0 Å². The molecule has 1 amide bonds. The van der Waals surface area contributed by atoms with E-state index in [-0.39, 0.29) is 12.5 Å². The molecule has 0 aromatic heterocycles. The van der Waals surface area contributed by atoms with E-state index in [0.29, 0.717) is 22.7 Å². The number of nitrogens with one attached hydrogen (secondary N) is 1. The minimum Gasteiger partial charge on any atom is -0.484 e. The van der Waals surface area contributed by atoms with Crippen LogP contribution in [-0.2, 0) is 4.79 Å². The molecule has 0 radical (unpaired) electrons. The number of aryl methyl sites for hydroxylation is 2. The van der Waals surface area contributed by atoms with Gasteiger partial charge in [-0.1, -0.05) is 24.3 Å². The van der Waals surface area contributed by atoms with Crippen molar-refractivity contribution in [2.75, 3.05) is 11.9 Å². The van der Waals surface area contributed by atoms with E-state index in [4.69, 9.17) is 9.47 Å². The highest BCUT2D eigenvalue weighted by molar-refractivity contribution is 5.94. The van der Waals surface area contributed by atoms with Crippen LogP contribution in [0.15, 0.2) is 72.8 Å². The van der Waals surface area contributed by atoms with Crippen LogP contribution in [0.1, 0.15) is 21.5 Å². The Balaban J connectivity index is 1.52. The summed E-state index contributed by atoms with van der Waals surface area (Å²) in [5, 5.41) is 2.74. The van der Waals surface area contributed by atoms with Crippen LogP contribution < -0.4 is 14.8 Å². The summed E-state index contributed by atoms with van der Waals surface area (Å²) in [6.07, 6.45) is 0. The van der Waals surface area contributed by atoms with E-state index in [9.17, 15) is 9.59 Å². The van der Waals surface area contributed by atoms with Crippen LogP contribution in [0.25, 0.3) is 0 Å². The number of benzene rings is 3. The SMILES string of the molecule is Cc1ccc(OCC(=O)Nc2ccc(C(=O)Oc3ccccc3)cc2)cc1C. The van der Waals surface area contributed by atoms with Gasteiger partial charge in [-0.25, -0.2) is 4.79 Å². The lowest BCUT2D eigenvalue weighted by molar-refractivity contribution is -0.118. The molecule has 0 unspecified atom stereocenters. The molecule has 5 nitrogen and oxygen atoms in total. The second kappa shape index (κ2) is 8.86. The maximum Gasteiger partial charge on any atom is 0.343 e. The highest BCUT2D eigenvalue weighted by atomic mass is 16.5. The smallest absolute Gasteiger partial charge is 0.343 e. The predicted molar refractivity (Wildman–Crippen MR) is 108 cm³/mol. The summed E-state index contributed by atoms with van der Waals surface area (Å²) >= 11 is 0. The average molecular weight is 375 g/mol. The van der Waals surface area contributed by atoms with E-state index >= 15 is 0 Å². The third kappa shape index (κ3) is 5.20. The molecule has 0 aliphatic heterocycles. The Bertz CT molecular complexity index is 966. The molecule has 0 aliphatic rings. The summed E-state index contributed by atoms with van der Waals surface area (Å²) in [7, 11) is 0. The minimum atomic E-state index is -0.456. The Labute approximate surface area is 163 Å². The second-order valence-electron chi connectivity index (χ2n) is 6.36. The van der Waals surface area contributed by atoms with E-state index in [1.165, 1.54) is 5.56 Å². The first-order valence-electron chi connectivity index (χ1n) is 8.88. The molecule has 0 bridgehead atoms. The number of carbonyl (C=O) groups excluding carboxylic acids is 2. The Morgan fingerprint density at radius 3 is 2.21 bits per heavy atom. The van der Waals surface area contributed by atoms with Gasteiger partial charge in [0.05, 0.1) is 5.56 Å². The van der Waals surface area contributed by atoms with Crippen LogP contribution in [0, 0.1) is 13.8 Å². The summed E-state index contributed by atoms with van der Waals surface area (Å²) in [5.41, 5.74) is 3.25. The van der Waals surface area contributed by atoms with Gasteiger partial charge in [-0.3, -0.25) is 4.79 Å².